The Labute approximate surface area is 68.9 Å². The number of aromatic amines is 1. The quantitative estimate of drug-likeness (QED) is 0.637. The van der Waals surface area contributed by atoms with E-state index in [0.717, 1.165) is 11.5 Å². The molecule has 1 aromatic rings. The van der Waals surface area contributed by atoms with Gasteiger partial charge in [0.2, 0.25) is 5.91 Å². The molecule has 0 aromatic carbocycles. The molecule has 5 heteroatoms. The van der Waals surface area contributed by atoms with Crippen molar-refractivity contribution in [3.63, 3.8) is 0 Å². The summed E-state index contributed by atoms with van der Waals surface area (Å²) in [5.41, 5.74) is 3.22. The Morgan fingerprint density at radius 2 is 2.50 bits per heavy atom. The van der Waals surface area contributed by atoms with E-state index in [2.05, 4.69) is 20.5 Å². The summed E-state index contributed by atoms with van der Waals surface area (Å²) >= 11 is 0. The maximum Gasteiger partial charge on any atom is 0.245 e. The lowest BCUT2D eigenvalue weighted by Crippen LogP contribution is -2.09. The van der Waals surface area contributed by atoms with Crippen LogP contribution in [0, 0.1) is 0 Å². The molecular weight excluding hydrogens is 156 g/mol. The number of hydrazone groups is 1. The van der Waals surface area contributed by atoms with E-state index in [1.165, 1.54) is 0 Å². The van der Waals surface area contributed by atoms with Crippen molar-refractivity contribution in [2.45, 2.75) is 12.8 Å². The Balaban J connectivity index is 2.01. The highest BCUT2D eigenvalue weighted by atomic mass is 16.2. The van der Waals surface area contributed by atoms with Gasteiger partial charge < -0.3 is 4.98 Å². The predicted octanol–water partition coefficient (Wildman–Crippen LogP) is -0.172. The average Bonchev–Trinajstić information content (AvgIpc) is 2.63. The number of aromatic nitrogens is 2. The second kappa shape index (κ2) is 2.77. The highest BCUT2D eigenvalue weighted by Crippen LogP contribution is 2.01. The van der Waals surface area contributed by atoms with Gasteiger partial charge in [-0.3, -0.25) is 4.79 Å². The fraction of sp³-hybridized carbons (Fsp3) is 0.286. The first kappa shape index (κ1) is 7.02. The molecule has 0 saturated carbocycles. The van der Waals surface area contributed by atoms with E-state index < -0.39 is 0 Å². The van der Waals surface area contributed by atoms with Crippen molar-refractivity contribution < 1.29 is 4.79 Å². The maximum atomic E-state index is 10.7. The zero-order valence-electron chi connectivity index (χ0n) is 6.37. The number of carbonyl (C=O) groups excluding carboxylic acids is 1. The van der Waals surface area contributed by atoms with E-state index in [0.29, 0.717) is 12.8 Å². The fourth-order valence-electron chi connectivity index (χ4n) is 1.10. The molecule has 2 rings (SSSR count). The van der Waals surface area contributed by atoms with Gasteiger partial charge in [0.05, 0.1) is 12.1 Å². The fourth-order valence-corrected chi connectivity index (χ4v) is 1.10. The van der Waals surface area contributed by atoms with Crippen molar-refractivity contribution in [1.82, 2.24) is 15.4 Å². The predicted molar refractivity (Wildman–Crippen MR) is 42.5 cm³/mol. The third-order valence-electron chi connectivity index (χ3n) is 1.63. The van der Waals surface area contributed by atoms with Crippen molar-refractivity contribution >= 4 is 11.6 Å². The van der Waals surface area contributed by atoms with Crippen LogP contribution in [0.25, 0.3) is 0 Å². The minimum Gasteiger partial charge on any atom is -0.348 e. The number of imidazole rings is 1. The minimum atomic E-state index is -0.0449. The van der Waals surface area contributed by atoms with Crippen LogP contribution in [0.2, 0.25) is 0 Å². The third-order valence-corrected chi connectivity index (χ3v) is 1.63. The molecule has 1 aliphatic heterocycles. The Kier molecular flexibility index (Phi) is 1.62. The number of nitrogens with zero attached hydrogens (tertiary/aromatic N) is 2. The molecule has 62 valence electrons. The molecule has 0 spiro atoms. The number of hydrogen-bond acceptors (Lipinski definition) is 3. The van der Waals surface area contributed by atoms with Gasteiger partial charge in [0.15, 0.2) is 0 Å². The van der Waals surface area contributed by atoms with Gasteiger partial charge in [0.25, 0.3) is 0 Å². The number of carbonyl (C=O) groups is 1. The van der Waals surface area contributed by atoms with Gasteiger partial charge in [0, 0.05) is 18.8 Å². The van der Waals surface area contributed by atoms with E-state index in [4.69, 9.17) is 0 Å². The summed E-state index contributed by atoms with van der Waals surface area (Å²) in [6.07, 6.45) is 4.44. The van der Waals surface area contributed by atoms with Gasteiger partial charge in [0.1, 0.15) is 5.82 Å². The van der Waals surface area contributed by atoms with Crippen LogP contribution in [-0.4, -0.2) is 21.6 Å². The summed E-state index contributed by atoms with van der Waals surface area (Å²) in [6, 6.07) is 0. The summed E-state index contributed by atoms with van der Waals surface area (Å²) in [4.78, 5) is 17.7. The molecule has 12 heavy (non-hydrogen) atoms. The second-order valence-electron chi connectivity index (χ2n) is 2.60. The number of amides is 1. The van der Waals surface area contributed by atoms with Gasteiger partial charge in [-0.1, -0.05) is 0 Å². The smallest absolute Gasteiger partial charge is 0.245 e. The van der Waals surface area contributed by atoms with Crippen LogP contribution in [0.1, 0.15) is 12.2 Å². The largest absolute Gasteiger partial charge is 0.348 e. The second-order valence-corrected chi connectivity index (χ2v) is 2.60. The van der Waals surface area contributed by atoms with Gasteiger partial charge >= 0.3 is 0 Å². The molecule has 1 aliphatic rings. The summed E-state index contributed by atoms with van der Waals surface area (Å²) in [5, 5.41) is 3.85. The van der Waals surface area contributed by atoms with E-state index in [-0.39, 0.29) is 5.91 Å². The highest BCUT2D eigenvalue weighted by Gasteiger charge is 2.14. The van der Waals surface area contributed by atoms with Crippen LogP contribution in [0.5, 0.6) is 0 Å². The van der Waals surface area contributed by atoms with Crippen LogP contribution in [0.3, 0.4) is 0 Å². The Bertz CT molecular complexity index is 314. The Hall–Kier alpha value is -1.65. The lowest BCUT2D eigenvalue weighted by molar-refractivity contribution is -0.119. The molecule has 1 amide bonds. The normalized spacial score (nSPS) is 16.0. The van der Waals surface area contributed by atoms with Crippen LogP contribution < -0.4 is 5.43 Å². The molecule has 5 nitrogen and oxygen atoms in total. The first-order valence-corrected chi connectivity index (χ1v) is 3.67. The molecule has 0 aliphatic carbocycles. The van der Waals surface area contributed by atoms with Crippen molar-refractivity contribution in [2.75, 3.05) is 0 Å². The molecule has 0 unspecified atom stereocenters. The summed E-state index contributed by atoms with van der Waals surface area (Å²) in [7, 11) is 0. The van der Waals surface area contributed by atoms with E-state index >= 15 is 0 Å². The lowest BCUT2D eigenvalue weighted by atomic mass is 10.2. The zero-order chi connectivity index (χ0) is 8.39. The van der Waals surface area contributed by atoms with Crippen LogP contribution in [-0.2, 0) is 11.2 Å². The topological polar surface area (TPSA) is 70.1 Å². The first-order valence-electron chi connectivity index (χ1n) is 3.67. The Morgan fingerprint density at radius 1 is 1.58 bits per heavy atom. The van der Waals surface area contributed by atoms with Gasteiger partial charge in [-0.05, 0) is 0 Å². The standard InChI is InChI=1S/C7H8N4O/c12-7-4-5(10-11-7)3-6-8-1-2-9-6/h1-2H,3-4H2,(H,8,9)(H,11,12). The SMILES string of the molecule is O=C1CC(Cc2ncc[nH]2)=NN1. The van der Waals surface area contributed by atoms with E-state index in [1.807, 2.05) is 0 Å². The molecule has 0 radical (unpaired) electrons. The van der Waals surface area contributed by atoms with Crippen molar-refractivity contribution in [1.29, 1.82) is 0 Å². The van der Waals surface area contributed by atoms with Gasteiger partial charge in [-0.25, -0.2) is 10.4 Å². The first-order chi connectivity index (χ1) is 5.84. The molecule has 2 N–H and O–H groups in total. The number of hydrogen-bond donors (Lipinski definition) is 2. The zero-order valence-corrected chi connectivity index (χ0v) is 6.37. The highest BCUT2D eigenvalue weighted by molar-refractivity contribution is 6.05. The van der Waals surface area contributed by atoms with Crippen molar-refractivity contribution in [3.05, 3.63) is 18.2 Å². The molecular formula is C7H8N4O. The van der Waals surface area contributed by atoms with Crippen LogP contribution in [0.4, 0.5) is 0 Å². The number of nitrogens with one attached hydrogen (secondary N) is 2. The summed E-state index contributed by atoms with van der Waals surface area (Å²) in [5.74, 6) is 0.793. The van der Waals surface area contributed by atoms with Gasteiger partial charge in [-0.2, -0.15) is 5.10 Å². The lowest BCUT2D eigenvalue weighted by Gasteiger charge is -1.91. The molecule has 0 atom stereocenters. The van der Waals surface area contributed by atoms with Crippen molar-refractivity contribution in [2.24, 2.45) is 5.10 Å². The molecule has 0 saturated heterocycles. The van der Waals surface area contributed by atoms with Crippen LogP contribution in [0.15, 0.2) is 17.5 Å². The number of rotatable bonds is 2. The van der Waals surface area contributed by atoms with Gasteiger partial charge in [-0.15, -0.1) is 0 Å². The van der Waals surface area contributed by atoms with Crippen molar-refractivity contribution in [3.8, 4) is 0 Å². The third kappa shape index (κ3) is 1.34. The molecule has 2 heterocycles. The van der Waals surface area contributed by atoms with E-state index in [1.54, 1.807) is 12.4 Å². The minimum absolute atomic E-state index is 0.0449. The molecule has 0 bridgehead atoms. The van der Waals surface area contributed by atoms with E-state index in [9.17, 15) is 4.79 Å². The maximum absolute atomic E-state index is 10.7. The number of H-pyrrole nitrogens is 1. The molecule has 0 fully saturated rings. The average molecular weight is 164 g/mol. The Morgan fingerprint density at radius 3 is 3.08 bits per heavy atom. The summed E-state index contributed by atoms with van der Waals surface area (Å²) in [6.45, 7) is 0. The molecule has 1 aromatic heterocycles. The monoisotopic (exact) mass is 164 g/mol. The van der Waals surface area contributed by atoms with Crippen LogP contribution >= 0.6 is 0 Å². The summed E-state index contributed by atoms with van der Waals surface area (Å²) < 4.78 is 0.